The molecule has 1 saturated heterocycles. The van der Waals surface area contributed by atoms with Gasteiger partial charge in [0.2, 0.25) is 0 Å². The molecule has 1 N–H and O–H groups in total. The first kappa shape index (κ1) is 16.6. The number of hydrogen-bond donors (Lipinski definition) is 1. The summed E-state index contributed by atoms with van der Waals surface area (Å²) >= 11 is 1.58. The third kappa shape index (κ3) is 3.39. The molecule has 2 fully saturated rings. The number of carbonyl (C=O) groups is 1. The molecule has 1 aliphatic carbocycles. The maximum atomic E-state index is 12.6. The Hall–Kier alpha value is -2.54. The fraction of sp³-hybridized carbons (Fsp3) is 0.400. The predicted octanol–water partition coefficient (Wildman–Crippen LogP) is 3.76. The van der Waals surface area contributed by atoms with Crippen molar-refractivity contribution >= 4 is 39.8 Å². The summed E-state index contributed by atoms with van der Waals surface area (Å²) in [7, 11) is 0. The average molecular weight is 379 g/mol. The van der Waals surface area contributed by atoms with Gasteiger partial charge in [-0.05, 0) is 43.2 Å². The highest BCUT2D eigenvalue weighted by Gasteiger charge is 2.30. The Morgan fingerprint density at radius 3 is 2.70 bits per heavy atom. The molecule has 27 heavy (non-hydrogen) atoms. The molecule has 0 aromatic carbocycles. The molecular weight excluding hydrogens is 358 g/mol. The number of rotatable bonds is 5. The maximum absolute atomic E-state index is 12.6. The normalized spacial score (nSPS) is 18.0. The van der Waals surface area contributed by atoms with E-state index in [2.05, 4.69) is 15.2 Å². The van der Waals surface area contributed by atoms with Gasteiger partial charge in [0.25, 0.3) is 0 Å². The van der Waals surface area contributed by atoms with Crippen molar-refractivity contribution in [2.24, 2.45) is 5.92 Å². The minimum atomic E-state index is 0.103. The monoisotopic (exact) mass is 379 g/mol. The van der Waals surface area contributed by atoms with E-state index in [4.69, 9.17) is 9.97 Å². The highest BCUT2D eigenvalue weighted by molar-refractivity contribution is 7.08. The smallest absolute Gasteiger partial charge is 0.172 e. The number of Topliss-reactive ketones (excluding diaryl/α,β-unsaturated/α-hetero) is 1. The number of piperidine rings is 1. The van der Waals surface area contributed by atoms with Crippen molar-refractivity contribution in [3.8, 4) is 0 Å². The molecule has 0 unspecified atom stereocenters. The van der Waals surface area contributed by atoms with E-state index in [1.54, 1.807) is 23.7 Å². The van der Waals surface area contributed by atoms with Gasteiger partial charge >= 0.3 is 0 Å². The second kappa shape index (κ2) is 6.88. The van der Waals surface area contributed by atoms with Crippen LogP contribution in [0.1, 0.15) is 36.0 Å². The van der Waals surface area contributed by atoms with E-state index in [1.807, 2.05) is 22.9 Å². The van der Waals surface area contributed by atoms with E-state index in [9.17, 15) is 4.79 Å². The number of aromatic nitrogens is 3. The minimum absolute atomic E-state index is 0.103. The van der Waals surface area contributed by atoms with Gasteiger partial charge < -0.3 is 10.2 Å². The van der Waals surface area contributed by atoms with Crippen molar-refractivity contribution in [3.63, 3.8) is 0 Å². The Bertz CT molecular complexity index is 962. The summed E-state index contributed by atoms with van der Waals surface area (Å²) in [5.74, 6) is 2.13. The first-order valence-corrected chi connectivity index (χ1v) is 10.4. The molecule has 0 atom stereocenters. The highest BCUT2D eigenvalue weighted by atomic mass is 32.1. The molecular formula is C20H21N5OS. The fourth-order valence-electron chi connectivity index (χ4n) is 3.63. The van der Waals surface area contributed by atoms with Crippen LogP contribution in [0.3, 0.4) is 0 Å². The van der Waals surface area contributed by atoms with Crippen molar-refractivity contribution in [1.29, 1.82) is 0 Å². The molecule has 2 aliphatic rings. The van der Waals surface area contributed by atoms with Crippen molar-refractivity contribution in [2.75, 3.05) is 23.3 Å². The molecule has 6 nitrogen and oxygen atoms in total. The van der Waals surface area contributed by atoms with E-state index >= 15 is 0 Å². The Morgan fingerprint density at radius 1 is 1.11 bits per heavy atom. The fourth-order valence-corrected chi connectivity index (χ4v) is 4.27. The third-order valence-electron chi connectivity index (χ3n) is 5.34. The van der Waals surface area contributed by atoms with Gasteiger partial charge in [-0.3, -0.25) is 9.78 Å². The number of ketones is 1. The molecule has 7 heteroatoms. The predicted molar refractivity (Wildman–Crippen MR) is 108 cm³/mol. The van der Waals surface area contributed by atoms with Crippen molar-refractivity contribution in [2.45, 2.75) is 31.7 Å². The molecule has 0 radical (unpaired) electrons. The quantitative estimate of drug-likeness (QED) is 0.681. The van der Waals surface area contributed by atoms with Gasteiger partial charge in [-0.2, -0.15) is 11.3 Å². The lowest BCUT2D eigenvalue weighted by Gasteiger charge is -2.33. The van der Waals surface area contributed by atoms with Gasteiger partial charge in [0, 0.05) is 42.2 Å². The van der Waals surface area contributed by atoms with E-state index in [-0.39, 0.29) is 11.7 Å². The Morgan fingerprint density at radius 2 is 1.96 bits per heavy atom. The molecule has 5 rings (SSSR count). The van der Waals surface area contributed by atoms with Gasteiger partial charge in [0.05, 0.1) is 11.7 Å². The first-order chi connectivity index (χ1) is 13.3. The topological polar surface area (TPSA) is 71.0 Å². The molecule has 3 aromatic heterocycles. The van der Waals surface area contributed by atoms with E-state index < -0.39 is 0 Å². The van der Waals surface area contributed by atoms with Crippen molar-refractivity contribution < 1.29 is 4.79 Å². The zero-order chi connectivity index (χ0) is 18.2. The number of nitrogens with one attached hydrogen (secondary N) is 1. The van der Waals surface area contributed by atoms with E-state index in [0.717, 1.165) is 54.2 Å². The van der Waals surface area contributed by atoms with Crippen LogP contribution in [0.5, 0.6) is 0 Å². The molecule has 0 bridgehead atoms. The average Bonchev–Trinajstić information content (AvgIpc) is 3.36. The van der Waals surface area contributed by atoms with Gasteiger partial charge in [0.1, 0.15) is 5.52 Å². The summed E-state index contributed by atoms with van der Waals surface area (Å²) in [5, 5.41) is 7.45. The number of carbonyl (C=O) groups excluding carboxylic acids is 1. The largest absolute Gasteiger partial charge is 0.364 e. The van der Waals surface area contributed by atoms with Crippen molar-refractivity contribution in [3.05, 3.63) is 40.8 Å². The summed E-state index contributed by atoms with van der Waals surface area (Å²) in [6, 6.07) is 4.34. The summed E-state index contributed by atoms with van der Waals surface area (Å²) < 4.78 is 0. The van der Waals surface area contributed by atoms with Crippen LogP contribution in [-0.4, -0.2) is 39.9 Å². The number of thiophene rings is 1. The third-order valence-corrected chi connectivity index (χ3v) is 6.02. The molecule has 4 heterocycles. The number of pyridine rings is 1. The van der Waals surface area contributed by atoms with Crippen LogP contribution in [0.15, 0.2) is 35.3 Å². The number of nitrogens with zero attached hydrogens (tertiary/aromatic N) is 4. The Balaban J connectivity index is 1.38. The molecule has 3 aromatic rings. The van der Waals surface area contributed by atoms with Crippen LogP contribution < -0.4 is 10.2 Å². The van der Waals surface area contributed by atoms with E-state index in [0.29, 0.717) is 6.04 Å². The summed E-state index contributed by atoms with van der Waals surface area (Å²) in [6.07, 6.45) is 7.59. The molecule has 1 aliphatic heterocycles. The SMILES string of the molecule is O=C(c1ccsc1)C1CCN(c2nc3cnccc3nc2NC2CC2)CC1. The first-order valence-electron chi connectivity index (χ1n) is 9.47. The lowest BCUT2D eigenvalue weighted by Crippen LogP contribution is -2.37. The van der Waals surface area contributed by atoms with Gasteiger partial charge in [-0.25, -0.2) is 9.97 Å². The number of fused-ring (bicyclic) bond motifs is 1. The molecule has 0 spiro atoms. The van der Waals surface area contributed by atoms with E-state index in [1.165, 1.54) is 12.8 Å². The maximum Gasteiger partial charge on any atom is 0.172 e. The Labute approximate surface area is 161 Å². The molecule has 0 amide bonds. The summed E-state index contributed by atoms with van der Waals surface area (Å²) in [5.41, 5.74) is 2.52. The van der Waals surface area contributed by atoms with Crippen LogP contribution in [0.25, 0.3) is 11.0 Å². The van der Waals surface area contributed by atoms with Crippen LogP contribution >= 0.6 is 11.3 Å². The lowest BCUT2D eigenvalue weighted by atomic mass is 9.90. The summed E-state index contributed by atoms with van der Waals surface area (Å²) in [4.78, 5) is 28.7. The number of hydrogen-bond acceptors (Lipinski definition) is 7. The van der Waals surface area contributed by atoms with Gasteiger partial charge in [-0.15, -0.1) is 0 Å². The zero-order valence-corrected chi connectivity index (χ0v) is 15.8. The van der Waals surface area contributed by atoms with Crippen molar-refractivity contribution in [1.82, 2.24) is 15.0 Å². The standard InChI is InChI=1S/C20H21N5OS/c26-18(14-6-10-27-12-14)13-4-8-25(9-5-13)20-19(22-15-1-2-15)23-16-3-7-21-11-17(16)24-20/h3,6-7,10-13,15H,1-2,4-5,8-9H2,(H,22,23). The van der Waals surface area contributed by atoms with Crippen LogP contribution in [0.2, 0.25) is 0 Å². The van der Waals surface area contributed by atoms with Crippen LogP contribution in [0, 0.1) is 5.92 Å². The molecule has 1 saturated carbocycles. The Kier molecular flexibility index (Phi) is 4.24. The lowest BCUT2D eigenvalue weighted by molar-refractivity contribution is 0.0901. The van der Waals surface area contributed by atoms with Crippen LogP contribution in [0.4, 0.5) is 11.6 Å². The zero-order valence-electron chi connectivity index (χ0n) is 15.0. The number of anilines is 2. The highest BCUT2D eigenvalue weighted by Crippen LogP contribution is 2.33. The second-order valence-electron chi connectivity index (χ2n) is 7.32. The minimum Gasteiger partial charge on any atom is -0.364 e. The molecule has 138 valence electrons. The van der Waals surface area contributed by atoms with Gasteiger partial charge in [0.15, 0.2) is 17.4 Å². The second-order valence-corrected chi connectivity index (χ2v) is 8.10. The summed E-state index contributed by atoms with van der Waals surface area (Å²) in [6.45, 7) is 1.64. The van der Waals surface area contributed by atoms with Crippen LogP contribution in [-0.2, 0) is 0 Å². The van der Waals surface area contributed by atoms with Gasteiger partial charge in [-0.1, -0.05) is 0 Å².